The predicted octanol–water partition coefficient (Wildman–Crippen LogP) is 7.86. The van der Waals surface area contributed by atoms with E-state index in [1.54, 1.807) is 48.5 Å². The molecule has 0 bridgehead atoms. The highest BCUT2D eigenvalue weighted by Crippen LogP contribution is 2.37. The van der Waals surface area contributed by atoms with Crippen LogP contribution in [-0.2, 0) is 4.79 Å². The van der Waals surface area contributed by atoms with Gasteiger partial charge in [0.1, 0.15) is 11.1 Å². The van der Waals surface area contributed by atoms with Crippen LogP contribution in [0.15, 0.2) is 102 Å². The van der Waals surface area contributed by atoms with Crippen LogP contribution in [0.4, 0.5) is 15.8 Å². The van der Waals surface area contributed by atoms with E-state index < -0.39 is 11.1 Å². The quantitative estimate of drug-likeness (QED) is 0.242. The van der Waals surface area contributed by atoms with Crippen molar-refractivity contribution >= 4 is 58.2 Å². The van der Waals surface area contributed by atoms with Crippen molar-refractivity contribution in [3.63, 3.8) is 0 Å². The standard InChI is InChI=1S/C27H19Cl2FN2O2S/c28-18-10-15-21(22(29)16-18)26(33)31-19-11-13-20(14-12-19)35-25(17-6-2-1-3-7-17)27(34)32-24-9-5-4-8-23(24)30/h1-16,25H,(H,31,33)(H,32,34). The van der Waals surface area contributed by atoms with Crippen LogP contribution in [0.1, 0.15) is 21.2 Å². The van der Waals surface area contributed by atoms with Crippen molar-refractivity contribution in [3.8, 4) is 0 Å². The topological polar surface area (TPSA) is 58.2 Å². The number of amides is 2. The molecule has 0 fully saturated rings. The van der Waals surface area contributed by atoms with Crippen molar-refractivity contribution in [1.29, 1.82) is 0 Å². The Morgan fingerprint density at radius 3 is 2.17 bits per heavy atom. The minimum Gasteiger partial charge on any atom is -0.322 e. The number of para-hydroxylation sites is 1. The van der Waals surface area contributed by atoms with E-state index in [4.69, 9.17) is 23.2 Å². The third-order valence-corrected chi connectivity index (χ3v) is 6.83. The van der Waals surface area contributed by atoms with Gasteiger partial charge in [0, 0.05) is 15.6 Å². The largest absolute Gasteiger partial charge is 0.322 e. The first-order valence-electron chi connectivity index (χ1n) is 10.5. The van der Waals surface area contributed by atoms with Gasteiger partial charge in [-0.05, 0) is 60.2 Å². The lowest BCUT2D eigenvalue weighted by Gasteiger charge is -2.17. The molecular weight excluding hydrogens is 506 g/mol. The van der Waals surface area contributed by atoms with Gasteiger partial charge >= 0.3 is 0 Å². The van der Waals surface area contributed by atoms with Gasteiger partial charge in [0.15, 0.2) is 0 Å². The second-order valence-electron chi connectivity index (χ2n) is 7.48. The Labute approximate surface area is 216 Å². The zero-order valence-electron chi connectivity index (χ0n) is 18.2. The minimum absolute atomic E-state index is 0.123. The van der Waals surface area contributed by atoms with E-state index in [-0.39, 0.29) is 22.5 Å². The third kappa shape index (κ3) is 6.42. The molecule has 2 N–H and O–H groups in total. The van der Waals surface area contributed by atoms with Gasteiger partial charge in [-0.3, -0.25) is 9.59 Å². The van der Waals surface area contributed by atoms with Crippen LogP contribution in [-0.4, -0.2) is 11.8 Å². The Kier molecular flexibility index (Phi) is 8.08. The van der Waals surface area contributed by atoms with Crippen LogP contribution >= 0.6 is 35.0 Å². The summed E-state index contributed by atoms with van der Waals surface area (Å²) in [5, 5.41) is 5.56. The highest BCUT2D eigenvalue weighted by atomic mass is 35.5. The number of benzene rings is 4. The van der Waals surface area contributed by atoms with Gasteiger partial charge in [0.2, 0.25) is 5.91 Å². The number of hydrogen-bond acceptors (Lipinski definition) is 3. The van der Waals surface area contributed by atoms with Gasteiger partial charge in [-0.2, -0.15) is 0 Å². The maximum absolute atomic E-state index is 14.1. The van der Waals surface area contributed by atoms with Crippen LogP contribution in [0.2, 0.25) is 10.0 Å². The van der Waals surface area contributed by atoms with Crippen LogP contribution < -0.4 is 10.6 Å². The third-order valence-electron chi connectivity index (χ3n) is 5.01. The molecule has 2 amide bonds. The first kappa shape index (κ1) is 24.8. The van der Waals surface area contributed by atoms with E-state index in [1.165, 1.54) is 30.0 Å². The van der Waals surface area contributed by atoms with Crippen LogP contribution in [0.3, 0.4) is 0 Å². The van der Waals surface area contributed by atoms with E-state index in [9.17, 15) is 14.0 Å². The molecule has 4 nitrogen and oxygen atoms in total. The Hall–Kier alpha value is -3.32. The van der Waals surface area contributed by atoms with Crippen molar-refractivity contribution in [2.75, 3.05) is 10.6 Å². The average Bonchev–Trinajstić information content (AvgIpc) is 2.85. The molecule has 0 saturated heterocycles. The smallest absolute Gasteiger partial charge is 0.257 e. The fourth-order valence-electron chi connectivity index (χ4n) is 3.29. The Morgan fingerprint density at radius 2 is 1.49 bits per heavy atom. The molecule has 0 aromatic heterocycles. The normalized spacial score (nSPS) is 11.5. The number of carbonyl (C=O) groups excluding carboxylic acids is 2. The lowest BCUT2D eigenvalue weighted by atomic mass is 10.1. The Bertz CT molecular complexity index is 1350. The predicted molar refractivity (Wildman–Crippen MR) is 141 cm³/mol. The summed E-state index contributed by atoms with van der Waals surface area (Å²) in [6.07, 6.45) is 0. The molecule has 4 aromatic rings. The highest BCUT2D eigenvalue weighted by Gasteiger charge is 2.23. The van der Waals surface area contributed by atoms with Crippen molar-refractivity contribution in [3.05, 3.63) is 124 Å². The molecule has 176 valence electrons. The van der Waals surface area contributed by atoms with Crippen molar-refractivity contribution in [2.24, 2.45) is 0 Å². The summed E-state index contributed by atoms with van der Waals surface area (Å²) in [7, 11) is 0. The first-order chi connectivity index (χ1) is 16.9. The summed E-state index contributed by atoms with van der Waals surface area (Å²) in [5.74, 6) is -1.21. The number of halogens is 3. The van der Waals surface area contributed by atoms with E-state index in [2.05, 4.69) is 10.6 Å². The molecule has 0 aliphatic heterocycles. The first-order valence-corrected chi connectivity index (χ1v) is 12.2. The van der Waals surface area contributed by atoms with Gasteiger partial charge in [-0.15, -0.1) is 11.8 Å². The maximum Gasteiger partial charge on any atom is 0.257 e. The monoisotopic (exact) mass is 524 g/mol. The molecule has 4 aromatic carbocycles. The molecule has 0 aliphatic carbocycles. The maximum atomic E-state index is 14.1. The van der Waals surface area contributed by atoms with E-state index in [1.807, 2.05) is 30.3 Å². The number of hydrogen-bond donors (Lipinski definition) is 2. The van der Waals surface area contributed by atoms with Crippen LogP contribution in [0, 0.1) is 5.82 Å². The summed E-state index contributed by atoms with van der Waals surface area (Å²) in [6.45, 7) is 0. The molecule has 0 saturated carbocycles. The molecule has 0 heterocycles. The SMILES string of the molecule is O=C(Nc1ccc(SC(C(=O)Nc2ccccc2F)c2ccccc2)cc1)c1ccc(Cl)cc1Cl. The second-order valence-corrected chi connectivity index (χ2v) is 9.50. The Morgan fingerprint density at radius 1 is 0.800 bits per heavy atom. The number of nitrogens with one attached hydrogen (secondary N) is 2. The zero-order chi connectivity index (χ0) is 24.8. The van der Waals surface area contributed by atoms with Crippen LogP contribution in [0.25, 0.3) is 0 Å². The molecule has 1 unspecified atom stereocenters. The molecular formula is C27H19Cl2FN2O2S. The Balaban J connectivity index is 1.50. The molecule has 8 heteroatoms. The number of thioether (sulfide) groups is 1. The molecule has 1 atom stereocenters. The van der Waals surface area contributed by atoms with Crippen molar-refractivity contribution in [2.45, 2.75) is 10.1 Å². The average molecular weight is 525 g/mol. The van der Waals surface area contributed by atoms with Gasteiger partial charge in [-0.1, -0.05) is 65.7 Å². The van der Waals surface area contributed by atoms with E-state index >= 15 is 0 Å². The number of carbonyl (C=O) groups is 2. The molecule has 0 spiro atoms. The highest BCUT2D eigenvalue weighted by molar-refractivity contribution is 8.00. The lowest BCUT2D eigenvalue weighted by molar-refractivity contribution is -0.115. The van der Waals surface area contributed by atoms with Gasteiger partial charge < -0.3 is 10.6 Å². The van der Waals surface area contributed by atoms with E-state index in [0.29, 0.717) is 16.3 Å². The van der Waals surface area contributed by atoms with Crippen molar-refractivity contribution < 1.29 is 14.0 Å². The summed E-state index contributed by atoms with van der Waals surface area (Å²) in [4.78, 5) is 26.5. The second kappa shape index (κ2) is 11.4. The lowest BCUT2D eigenvalue weighted by Crippen LogP contribution is -2.19. The van der Waals surface area contributed by atoms with Gasteiger partial charge in [0.25, 0.3) is 5.91 Å². The number of anilines is 2. The van der Waals surface area contributed by atoms with Crippen LogP contribution in [0.5, 0.6) is 0 Å². The molecule has 0 radical (unpaired) electrons. The fourth-order valence-corrected chi connectivity index (χ4v) is 4.81. The summed E-state index contributed by atoms with van der Waals surface area (Å²) < 4.78 is 14.1. The summed E-state index contributed by atoms with van der Waals surface area (Å²) in [6, 6.07) is 27.0. The zero-order valence-corrected chi connectivity index (χ0v) is 20.5. The molecule has 0 aliphatic rings. The van der Waals surface area contributed by atoms with Gasteiger partial charge in [-0.25, -0.2) is 4.39 Å². The van der Waals surface area contributed by atoms with Crippen molar-refractivity contribution in [1.82, 2.24) is 0 Å². The molecule has 35 heavy (non-hydrogen) atoms. The van der Waals surface area contributed by atoms with E-state index in [0.717, 1.165) is 10.5 Å². The fraction of sp³-hybridized carbons (Fsp3) is 0.0370. The minimum atomic E-state index is -0.621. The molecule has 4 rings (SSSR count). The van der Waals surface area contributed by atoms with Gasteiger partial charge in [0.05, 0.1) is 16.3 Å². The summed E-state index contributed by atoms with van der Waals surface area (Å²) in [5.41, 5.74) is 1.78. The summed E-state index contributed by atoms with van der Waals surface area (Å²) >= 11 is 13.3. The number of rotatable bonds is 7.